The first-order valence-electron chi connectivity index (χ1n) is 2.77. The smallest absolute Gasteiger partial charge is 0.155 e. The molecular weight excluding hydrogens is 108 g/mol. The van der Waals surface area contributed by atoms with E-state index in [2.05, 4.69) is 0 Å². The zero-order valence-electron chi connectivity index (χ0n) is 4.58. The molecule has 2 atom stereocenters. The topological polar surface area (TPSA) is 49.7 Å². The third-order valence-electron chi connectivity index (χ3n) is 1.29. The Kier molecular flexibility index (Phi) is 1.83. The fourth-order valence-corrected chi connectivity index (χ4v) is 0.821. The second kappa shape index (κ2) is 2.44. The number of ether oxygens (including phenoxy) is 1. The monoisotopic (exact) mass is 118 g/mol. The highest BCUT2D eigenvalue weighted by Crippen LogP contribution is 2.16. The predicted octanol–water partition coefficient (Wildman–Crippen LogP) is -0.524. The Bertz CT molecular complexity index is 74.1. The molecule has 3 heteroatoms. The van der Waals surface area contributed by atoms with Crippen LogP contribution in [0.25, 0.3) is 0 Å². The Balaban J connectivity index is 2.22. The fraction of sp³-hybridized carbons (Fsp3) is 1.00. The summed E-state index contributed by atoms with van der Waals surface area (Å²) in [5.41, 5.74) is 0. The molecule has 0 bridgehead atoms. The molecule has 1 heterocycles. The van der Waals surface area contributed by atoms with E-state index in [-0.39, 0.29) is 12.7 Å². The van der Waals surface area contributed by atoms with Gasteiger partial charge in [0, 0.05) is 6.42 Å². The van der Waals surface area contributed by atoms with Crippen LogP contribution in [0.15, 0.2) is 0 Å². The molecular formula is C5H10O3. The fourth-order valence-electron chi connectivity index (χ4n) is 0.821. The summed E-state index contributed by atoms with van der Waals surface area (Å²) in [6, 6.07) is 0. The molecule has 1 aliphatic heterocycles. The highest BCUT2D eigenvalue weighted by molar-refractivity contribution is 4.64. The van der Waals surface area contributed by atoms with Crippen molar-refractivity contribution < 1.29 is 14.9 Å². The van der Waals surface area contributed by atoms with E-state index >= 15 is 0 Å². The lowest BCUT2D eigenvalue weighted by atomic mass is 10.2. The van der Waals surface area contributed by atoms with Crippen LogP contribution in [0.3, 0.4) is 0 Å². The minimum absolute atomic E-state index is 0.0249. The Morgan fingerprint density at radius 3 is 2.50 bits per heavy atom. The van der Waals surface area contributed by atoms with Crippen LogP contribution in [0.2, 0.25) is 0 Å². The van der Waals surface area contributed by atoms with Gasteiger partial charge in [0.1, 0.15) is 0 Å². The van der Waals surface area contributed by atoms with E-state index in [1.54, 1.807) is 0 Å². The minimum Gasteiger partial charge on any atom is -0.394 e. The molecule has 3 nitrogen and oxygen atoms in total. The van der Waals surface area contributed by atoms with Crippen molar-refractivity contribution >= 4 is 0 Å². The van der Waals surface area contributed by atoms with Gasteiger partial charge in [-0.1, -0.05) is 0 Å². The van der Waals surface area contributed by atoms with E-state index in [0.717, 1.165) is 6.42 Å². The molecule has 1 saturated heterocycles. The summed E-state index contributed by atoms with van der Waals surface area (Å²) in [5, 5.41) is 17.1. The van der Waals surface area contributed by atoms with Gasteiger partial charge in [-0.25, -0.2) is 0 Å². The molecule has 0 aromatic heterocycles. The molecule has 0 aliphatic carbocycles. The first kappa shape index (κ1) is 6.01. The van der Waals surface area contributed by atoms with Gasteiger partial charge in [-0.15, -0.1) is 0 Å². The third kappa shape index (κ3) is 1.18. The van der Waals surface area contributed by atoms with Crippen molar-refractivity contribution in [1.29, 1.82) is 0 Å². The van der Waals surface area contributed by atoms with Crippen LogP contribution >= 0.6 is 0 Å². The van der Waals surface area contributed by atoms with E-state index < -0.39 is 6.29 Å². The zero-order valence-corrected chi connectivity index (χ0v) is 4.58. The molecule has 2 unspecified atom stereocenters. The molecule has 8 heavy (non-hydrogen) atoms. The van der Waals surface area contributed by atoms with E-state index in [1.807, 2.05) is 0 Å². The SMILES string of the molecule is OCC1CCC(O)O1. The summed E-state index contributed by atoms with van der Waals surface area (Å²) in [4.78, 5) is 0. The molecule has 48 valence electrons. The number of hydrogen-bond acceptors (Lipinski definition) is 3. The lowest BCUT2D eigenvalue weighted by Gasteiger charge is -2.04. The molecule has 0 aromatic rings. The van der Waals surface area contributed by atoms with Gasteiger partial charge in [0.05, 0.1) is 12.7 Å². The van der Waals surface area contributed by atoms with Crippen LogP contribution in [0.1, 0.15) is 12.8 Å². The summed E-state index contributed by atoms with van der Waals surface area (Å²) in [7, 11) is 0. The molecule has 1 rings (SSSR count). The van der Waals surface area contributed by atoms with Crippen LogP contribution in [0.5, 0.6) is 0 Å². The standard InChI is InChI=1S/C5H10O3/c6-3-4-1-2-5(7)8-4/h4-7H,1-3H2. The summed E-state index contributed by atoms with van der Waals surface area (Å²) in [6.07, 6.45) is 0.681. The summed E-state index contributed by atoms with van der Waals surface area (Å²) >= 11 is 0. The van der Waals surface area contributed by atoms with Gasteiger partial charge in [0.2, 0.25) is 0 Å². The van der Waals surface area contributed by atoms with Crippen molar-refractivity contribution in [3.63, 3.8) is 0 Å². The maximum absolute atomic E-state index is 8.70. The lowest BCUT2D eigenvalue weighted by molar-refractivity contribution is -0.101. The van der Waals surface area contributed by atoms with Crippen LogP contribution in [0, 0.1) is 0 Å². The van der Waals surface area contributed by atoms with E-state index in [1.165, 1.54) is 0 Å². The first-order chi connectivity index (χ1) is 3.83. The van der Waals surface area contributed by atoms with Gasteiger partial charge in [-0.3, -0.25) is 0 Å². The Morgan fingerprint density at radius 1 is 1.50 bits per heavy atom. The highest BCUT2D eigenvalue weighted by atomic mass is 16.6. The molecule has 0 saturated carbocycles. The quantitative estimate of drug-likeness (QED) is 0.487. The zero-order chi connectivity index (χ0) is 5.98. The van der Waals surface area contributed by atoms with Crippen LogP contribution in [-0.4, -0.2) is 29.2 Å². The van der Waals surface area contributed by atoms with Gasteiger partial charge in [0.25, 0.3) is 0 Å². The van der Waals surface area contributed by atoms with Gasteiger partial charge in [-0.05, 0) is 6.42 Å². The van der Waals surface area contributed by atoms with Crippen molar-refractivity contribution in [2.45, 2.75) is 25.2 Å². The van der Waals surface area contributed by atoms with E-state index in [4.69, 9.17) is 14.9 Å². The van der Waals surface area contributed by atoms with Crippen LogP contribution in [-0.2, 0) is 4.74 Å². The van der Waals surface area contributed by atoms with Crippen LogP contribution < -0.4 is 0 Å². The normalized spacial score (nSPS) is 38.2. The molecule has 0 aromatic carbocycles. The van der Waals surface area contributed by atoms with Crippen LogP contribution in [0.4, 0.5) is 0 Å². The number of rotatable bonds is 1. The molecule has 1 aliphatic rings. The number of aliphatic hydroxyl groups excluding tert-OH is 2. The highest BCUT2D eigenvalue weighted by Gasteiger charge is 2.21. The number of hydrogen-bond donors (Lipinski definition) is 2. The van der Waals surface area contributed by atoms with Gasteiger partial charge in [0.15, 0.2) is 6.29 Å². The third-order valence-corrected chi connectivity index (χ3v) is 1.29. The molecule has 1 fully saturated rings. The van der Waals surface area contributed by atoms with Gasteiger partial charge < -0.3 is 14.9 Å². The molecule has 2 N–H and O–H groups in total. The Labute approximate surface area is 47.9 Å². The summed E-state index contributed by atoms with van der Waals surface area (Å²) in [6.45, 7) is 0.0249. The first-order valence-corrected chi connectivity index (χ1v) is 2.77. The van der Waals surface area contributed by atoms with Gasteiger partial charge in [-0.2, -0.15) is 0 Å². The van der Waals surface area contributed by atoms with Crippen molar-refractivity contribution in [2.75, 3.05) is 6.61 Å². The Morgan fingerprint density at radius 2 is 2.25 bits per heavy atom. The molecule has 0 amide bonds. The maximum Gasteiger partial charge on any atom is 0.155 e. The minimum atomic E-state index is -0.632. The van der Waals surface area contributed by atoms with Crippen molar-refractivity contribution in [3.8, 4) is 0 Å². The maximum atomic E-state index is 8.70. The summed E-state index contributed by atoms with van der Waals surface area (Å²) in [5.74, 6) is 0. The predicted molar refractivity (Wildman–Crippen MR) is 27.2 cm³/mol. The van der Waals surface area contributed by atoms with E-state index in [0.29, 0.717) is 6.42 Å². The van der Waals surface area contributed by atoms with Gasteiger partial charge >= 0.3 is 0 Å². The van der Waals surface area contributed by atoms with Crippen molar-refractivity contribution in [2.24, 2.45) is 0 Å². The molecule has 0 radical (unpaired) electrons. The second-order valence-electron chi connectivity index (χ2n) is 1.97. The second-order valence-corrected chi connectivity index (χ2v) is 1.97. The largest absolute Gasteiger partial charge is 0.394 e. The average molecular weight is 118 g/mol. The van der Waals surface area contributed by atoms with Crippen molar-refractivity contribution in [1.82, 2.24) is 0 Å². The number of aliphatic hydroxyl groups is 2. The van der Waals surface area contributed by atoms with Crippen molar-refractivity contribution in [3.05, 3.63) is 0 Å². The molecule has 0 spiro atoms. The lowest BCUT2D eigenvalue weighted by Crippen LogP contribution is -2.13. The summed E-state index contributed by atoms with van der Waals surface area (Å²) < 4.78 is 4.82. The van der Waals surface area contributed by atoms with E-state index in [9.17, 15) is 0 Å². The Hall–Kier alpha value is -0.120. The average Bonchev–Trinajstić information content (AvgIpc) is 2.14.